The number of hydrogen-bond acceptors (Lipinski definition) is 5. The molecule has 0 aliphatic heterocycles. The van der Waals surface area contributed by atoms with Crippen molar-refractivity contribution < 1.29 is 23.9 Å². The van der Waals surface area contributed by atoms with Gasteiger partial charge in [0.2, 0.25) is 5.91 Å². The molecule has 0 fully saturated rings. The van der Waals surface area contributed by atoms with Gasteiger partial charge in [-0.05, 0) is 52.7 Å². The van der Waals surface area contributed by atoms with Crippen LogP contribution in [0.25, 0.3) is 0 Å². The van der Waals surface area contributed by atoms with E-state index in [0.29, 0.717) is 0 Å². The number of ether oxygens (including phenoxy) is 2. The summed E-state index contributed by atoms with van der Waals surface area (Å²) in [5.74, 6) is -2.32. The molecule has 0 saturated carbocycles. The van der Waals surface area contributed by atoms with Crippen LogP contribution in [-0.4, -0.2) is 56.1 Å². The minimum absolute atomic E-state index is 0.0803. The largest absolute Gasteiger partial charge is 0.457 e. The summed E-state index contributed by atoms with van der Waals surface area (Å²) in [7, 11) is 1.25. The van der Waals surface area contributed by atoms with Crippen LogP contribution in [0.1, 0.15) is 55.4 Å². The van der Waals surface area contributed by atoms with Gasteiger partial charge in [0.25, 0.3) is 0 Å². The minimum Gasteiger partial charge on any atom is -0.457 e. The van der Waals surface area contributed by atoms with Crippen molar-refractivity contribution >= 4 is 25.9 Å². The highest BCUT2D eigenvalue weighted by Gasteiger charge is 2.47. The molecule has 182 valence electrons. The summed E-state index contributed by atoms with van der Waals surface area (Å²) >= 11 is 0. The molecule has 0 saturated heterocycles. The van der Waals surface area contributed by atoms with E-state index >= 15 is 0 Å². The number of nitrogens with zero attached hydrogens (tertiary/aromatic N) is 1. The van der Waals surface area contributed by atoms with E-state index in [4.69, 9.17) is 9.47 Å². The second-order valence-electron chi connectivity index (χ2n) is 12.2. The summed E-state index contributed by atoms with van der Waals surface area (Å²) in [6.07, 6.45) is 1.92. The number of esters is 2. The maximum atomic E-state index is 13.6. The van der Waals surface area contributed by atoms with Crippen LogP contribution in [0.4, 0.5) is 0 Å². The summed E-state index contributed by atoms with van der Waals surface area (Å²) in [6, 6.07) is 0. The van der Waals surface area contributed by atoms with Gasteiger partial charge in [-0.25, -0.2) is 9.59 Å². The van der Waals surface area contributed by atoms with E-state index in [2.05, 4.69) is 19.6 Å². The Morgan fingerprint density at radius 1 is 0.906 bits per heavy atom. The molecule has 2 atom stereocenters. The van der Waals surface area contributed by atoms with Crippen LogP contribution in [-0.2, 0) is 23.9 Å². The lowest BCUT2D eigenvalue weighted by molar-refractivity contribution is -0.154. The van der Waals surface area contributed by atoms with Crippen molar-refractivity contribution in [1.82, 2.24) is 4.90 Å². The first-order valence-corrected chi connectivity index (χ1v) is 14.8. The maximum Gasteiger partial charge on any atom is 0.339 e. The minimum atomic E-state index is -2.17. The van der Waals surface area contributed by atoms with Crippen molar-refractivity contribution in [2.24, 2.45) is 17.8 Å². The van der Waals surface area contributed by atoms with E-state index < -0.39 is 43.1 Å². The molecule has 0 aromatic heterocycles. The van der Waals surface area contributed by atoms with Gasteiger partial charge in [-0.3, -0.25) is 4.79 Å². The van der Waals surface area contributed by atoms with Crippen LogP contribution >= 0.6 is 0 Å². The molecule has 0 unspecified atom stereocenters. The normalized spacial score (nSPS) is 20.1. The Morgan fingerprint density at radius 3 is 1.69 bits per heavy atom. The highest BCUT2D eigenvalue weighted by atomic mass is 28.3. The third kappa shape index (κ3) is 7.05. The number of hydrogen-bond donors (Lipinski definition) is 0. The van der Waals surface area contributed by atoms with E-state index in [9.17, 15) is 14.4 Å². The lowest BCUT2D eigenvalue weighted by Crippen LogP contribution is -2.45. The van der Waals surface area contributed by atoms with Crippen LogP contribution in [0.15, 0.2) is 22.4 Å². The van der Waals surface area contributed by atoms with Crippen molar-refractivity contribution in [3.8, 4) is 0 Å². The van der Waals surface area contributed by atoms with Gasteiger partial charge in [-0.1, -0.05) is 39.6 Å². The van der Waals surface area contributed by atoms with Crippen molar-refractivity contribution in [1.29, 1.82) is 0 Å². The molecule has 0 aromatic rings. The molecule has 7 heteroatoms. The Kier molecular flexibility index (Phi) is 8.39. The average molecular weight is 466 g/mol. The molecule has 0 N–H and O–H groups in total. The fraction of sp³-hybridized carbons (Fsp3) is 0.720. The molecule has 1 aliphatic carbocycles. The second-order valence-corrected chi connectivity index (χ2v) is 17.2. The van der Waals surface area contributed by atoms with Gasteiger partial charge in [-0.2, -0.15) is 0 Å². The number of carbonyl (C=O) groups excluding carboxylic acids is 3. The van der Waals surface area contributed by atoms with Crippen LogP contribution in [0.2, 0.25) is 19.6 Å². The number of amides is 1. The zero-order valence-corrected chi connectivity index (χ0v) is 23.3. The molecule has 0 bridgehead atoms. The Hall–Kier alpha value is -1.89. The fourth-order valence-corrected chi connectivity index (χ4v) is 5.54. The average Bonchev–Trinajstić information content (AvgIpc) is 2.54. The summed E-state index contributed by atoms with van der Waals surface area (Å²) in [4.78, 5) is 41.9. The van der Waals surface area contributed by atoms with Gasteiger partial charge in [0.1, 0.15) is 11.2 Å². The highest BCUT2D eigenvalue weighted by molar-refractivity contribution is 6.84. The Morgan fingerprint density at radius 2 is 1.34 bits per heavy atom. The Labute approximate surface area is 195 Å². The molecular formula is C25H43NO5Si. The summed E-state index contributed by atoms with van der Waals surface area (Å²) in [5, 5.41) is 0.768. The molecule has 0 spiro atoms. The van der Waals surface area contributed by atoms with Gasteiger partial charge < -0.3 is 14.4 Å². The summed E-state index contributed by atoms with van der Waals surface area (Å²) in [6.45, 7) is 21.0. The van der Waals surface area contributed by atoms with E-state index in [-0.39, 0.29) is 23.0 Å². The van der Waals surface area contributed by atoms with Gasteiger partial charge in [0.15, 0.2) is 0 Å². The third-order valence-corrected chi connectivity index (χ3v) is 7.11. The second kappa shape index (κ2) is 9.54. The van der Waals surface area contributed by atoms with E-state index in [1.165, 1.54) is 0 Å². The molecule has 1 aliphatic rings. The smallest absolute Gasteiger partial charge is 0.339 e. The first kappa shape index (κ1) is 28.1. The zero-order chi connectivity index (χ0) is 25.4. The van der Waals surface area contributed by atoms with E-state index in [0.717, 1.165) is 5.20 Å². The zero-order valence-electron chi connectivity index (χ0n) is 22.3. The monoisotopic (exact) mass is 465 g/mol. The third-order valence-electron chi connectivity index (χ3n) is 5.08. The molecule has 0 heterocycles. The lowest BCUT2D eigenvalue weighted by atomic mass is 9.72. The predicted molar refractivity (Wildman–Crippen MR) is 131 cm³/mol. The van der Waals surface area contributed by atoms with Crippen LogP contribution in [0.3, 0.4) is 0 Å². The maximum absolute atomic E-state index is 13.6. The van der Waals surface area contributed by atoms with E-state index in [1.54, 1.807) is 60.5 Å². The molecular weight excluding hydrogens is 422 g/mol. The molecule has 0 aromatic carbocycles. The van der Waals surface area contributed by atoms with Crippen molar-refractivity contribution in [2.45, 2.75) is 86.2 Å². The first-order chi connectivity index (χ1) is 14.2. The highest BCUT2D eigenvalue weighted by Crippen LogP contribution is 2.43. The summed E-state index contributed by atoms with van der Waals surface area (Å²) < 4.78 is 11.5. The van der Waals surface area contributed by atoms with Gasteiger partial charge in [0.05, 0.1) is 25.1 Å². The standard InChI is InChI=1S/C25H43NO5Si/c1-15(2)18-16(21(27)26(9)10)14-17(32(11,12)13)19(22(28)30-24(3,4)5)20(18)23(29)31-25(6,7)8/h14-16,18H,1-13H3/t16-,18+/m0/s1. The molecule has 1 amide bonds. The quantitative estimate of drug-likeness (QED) is 0.432. The Balaban J connectivity index is 4.00. The van der Waals surface area contributed by atoms with Crippen molar-refractivity contribution in [3.05, 3.63) is 22.4 Å². The predicted octanol–water partition coefficient (Wildman–Crippen LogP) is 4.76. The SMILES string of the molecule is CC(C)[C@H]1C(C(=O)OC(C)(C)C)=C(C(=O)OC(C)(C)C)C([Si](C)(C)C)=C[C@@H]1C(=O)N(C)C. The van der Waals surface area contributed by atoms with Crippen LogP contribution in [0.5, 0.6) is 0 Å². The molecule has 32 heavy (non-hydrogen) atoms. The topological polar surface area (TPSA) is 72.9 Å². The van der Waals surface area contributed by atoms with Crippen molar-refractivity contribution in [3.63, 3.8) is 0 Å². The number of carbonyl (C=O) groups is 3. The fourth-order valence-electron chi connectivity index (χ4n) is 3.87. The Bertz CT molecular complexity index is 817. The van der Waals surface area contributed by atoms with E-state index in [1.807, 2.05) is 19.9 Å². The first-order valence-electron chi connectivity index (χ1n) is 11.3. The van der Waals surface area contributed by atoms with Crippen molar-refractivity contribution in [2.75, 3.05) is 14.1 Å². The van der Waals surface area contributed by atoms with Gasteiger partial charge >= 0.3 is 11.9 Å². The van der Waals surface area contributed by atoms with Gasteiger partial charge in [0, 0.05) is 20.0 Å². The molecule has 1 rings (SSSR count). The summed E-state index contributed by atoms with van der Waals surface area (Å²) in [5.41, 5.74) is -0.914. The molecule has 0 radical (unpaired) electrons. The lowest BCUT2D eigenvalue weighted by Gasteiger charge is -2.39. The van der Waals surface area contributed by atoms with Crippen LogP contribution in [0, 0.1) is 17.8 Å². The molecule has 6 nitrogen and oxygen atoms in total. The van der Waals surface area contributed by atoms with Crippen LogP contribution < -0.4 is 0 Å². The van der Waals surface area contributed by atoms with Gasteiger partial charge in [-0.15, -0.1) is 0 Å². The number of rotatable bonds is 5.